The highest BCUT2D eigenvalue weighted by atomic mass is 35.5. The topological polar surface area (TPSA) is 98.3 Å². The average Bonchev–Trinajstić information content (AvgIpc) is 3.36. The normalized spacial score (nSPS) is 15.2. The maximum absolute atomic E-state index is 12.7. The Morgan fingerprint density at radius 3 is 2.50 bits per heavy atom. The standard InChI is InChI=1S/C18H17ClN4O4S/c19-14-5-3-13(4-6-14)18-20-16(27-21-18)12-22-11-15(7-8-17(22)24)28(25,26)23-9-1-2-10-23/h3-8,11H,1-2,9-10,12H2. The van der Waals surface area contributed by atoms with E-state index in [0.717, 1.165) is 18.4 Å². The van der Waals surface area contributed by atoms with Gasteiger partial charge in [0.25, 0.3) is 5.56 Å². The van der Waals surface area contributed by atoms with Gasteiger partial charge >= 0.3 is 0 Å². The smallest absolute Gasteiger partial charge is 0.251 e. The van der Waals surface area contributed by atoms with Gasteiger partial charge in [-0.3, -0.25) is 4.79 Å². The molecular formula is C18H17ClN4O4S. The Labute approximate surface area is 166 Å². The van der Waals surface area contributed by atoms with E-state index in [1.165, 1.54) is 27.2 Å². The van der Waals surface area contributed by atoms with Gasteiger partial charge in [0.2, 0.25) is 21.7 Å². The first kappa shape index (κ1) is 18.9. The summed E-state index contributed by atoms with van der Waals surface area (Å²) in [5.74, 6) is 0.559. The van der Waals surface area contributed by atoms with Crippen LogP contribution in [-0.4, -0.2) is 40.5 Å². The predicted molar refractivity (Wildman–Crippen MR) is 103 cm³/mol. The molecule has 28 heavy (non-hydrogen) atoms. The molecule has 0 saturated carbocycles. The van der Waals surface area contributed by atoms with Crippen LogP contribution in [-0.2, 0) is 16.6 Å². The van der Waals surface area contributed by atoms with E-state index in [0.29, 0.717) is 23.9 Å². The zero-order chi connectivity index (χ0) is 19.7. The van der Waals surface area contributed by atoms with Crippen molar-refractivity contribution in [3.05, 3.63) is 63.9 Å². The molecule has 0 spiro atoms. The van der Waals surface area contributed by atoms with Crippen molar-refractivity contribution in [2.45, 2.75) is 24.3 Å². The molecule has 0 aliphatic carbocycles. The molecular weight excluding hydrogens is 404 g/mol. The summed E-state index contributed by atoms with van der Waals surface area (Å²) in [6.07, 6.45) is 3.00. The molecule has 0 N–H and O–H groups in total. The van der Waals surface area contributed by atoms with E-state index in [4.69, 9.17) is 16.1 Å². The van der Waals surface area contributed by atoms with Crippen LogP contribution in [0.2, 0.25) is 5.02 Å². The number of benzene rings is 1. The van der Waals surface area contributed by atoms with Crippen LogP contribution in [0.3, 0.4) is 0 Å². The number of halogens is 1. The van der Waals surface area contributed by atoms with Crippen LogP contribution in [0.5, 0.6) is 0 Å². The van der Waals surface area contributed by atoms with E-state index in [2.05, 4.69) is 10.1 Å². The molecule has 0 radical (unpaired) electrons. The Morgan fingerprint density at radius 1 is 1.07 bits per heavy atom. The van der Waals surface area contributed by atoms with E-state index in [1.54, 1.807) is 24.3 Å². The van der Waals surface area contributed by atoms with Crippen LogP contribution in [0.1, 0.15) is 18.7 Å². The quantitative estimate of drug-likeness (QED) is 0.628. The van der Waals surface area contributed by atoms with E-state index in [9.17, 15) is 13.2 Å². The van der Waals surface area contributed by atoms with Gasteiger partial charge in [0.1, 0.15) is 6.54 Å². The Balaban J connectivity index is 1.60. The Bertz CT molecular complexity index is 1150. The minimum Gasteiger partial charge on any atom is -0.337 e. The summed E-state index contributed by atoms with van der Waals surface area (Å²) >= 11 is 5.87. The van der Waals surface area contributed by atoms with Gasteiger partial charge in [-0.2, -0.15) is 9.29 Å². The third-order valence-corrected chi connectivity index (χ3v) is 6.67. The van der Waals surface area contributed by atoms with Crippen molar-refractivity contribution in [3.63, 3.8) is 0 Å². The number of rotatable bonds is 5. The van der Waals surface area contributed by atoms with Crippen LogP contribution in [0, 0.1) is 0 Å². The molecule has 10 heteroatoms. The van der Waals surface area contributed by atoms with Crippen molar-refractivity contribution in [3.8, 4) is 11.4 Å². The van der Waals surface area contributed by atoms with Crippen molar-refractivity contribution in [2.75, 3.05) is 13.1 Å². The van der Waals surface area contributed by atoms with E-state index < -0.39 is 10.0 Å². The summed E-state index contributed by atoms with van der Waals surface area (Å²) in [6, 6.07) is 9.51. The van der Waals surface area contributed by atoms with Crippen molar-refractivity contribution in [1.82, 2.24) is 19.0 Å². The van der Waals surface area contributed by atoms with Gasteiger partial charge in [-0.05, 0) is 43.2 Å². The molecule has 0 bridgehead atoms. The second kappa shape index (κ2) is 7.50. The maximum Gasteiger partial charge on any atom is 0.251 e. The second-order valence-corrected chi connectivity index (χ2v) is 8.84. The Hall–Kier alpha value is -2.49. The molecule has 3 heterocycles. The first-order chi connectivity index (χ1) is 13.4. The fourth-order valence-corrected chi connectivity index (χ4v) is 4.71. The van der Waals surface area contributed by atoms with Crippen molar-refractivity contribution in [1.29, 1.82) is 0 Å². The number of sulfonamides is 1. The molecule has 1 saturated heterocycles. The van der Waals surface area contributed by atoms with Crippen molar-refractivity contribution < 1.29 is 12.9 Å². The molecule has 146 valence electrons. The predicted octanol–water partition coefficient (Wildman–Crippen LogP) is 2.38. The van der Waals surface area contributed by atoms with Gasteiger partial charge in [0.05, 0.1) is 4.90 Å². The first-order valence-electron chi connectivity index (χ1n) is 8.73. The van der Waals surface area contributed by atoms with Gasteiger partial charge in [-0.15, -0.1) is 0 Å². The number of nitrogens with zero attached hydrogens (tertiary/aromatic N) is 4. The third-order valence-electron chi connectivity index (χ3n) is 4.54. The van der Waals surface area contributed by atoms with Crippen molar-refractivity contribution >= 4 is 21.6 Å². The van der Waals surface area contributed by atoms with Crippen LogP contribution in [0.25, 0.3) is 11.4 Å². The zero-order valence-electron chi connectivity index (χ0n) is 14.8. The first-order valence-corrected chi connectivity index (χ1v) is 10.5. The zero-order valence-corrected chi connectivity index (χ0v) is 16.4. The van der Waals surface area contributed by atoms with Crippen LogP contribution in [0.4, 0.5) is 0 Å². The second-order valence-electron chi connectivity index (χ2n) is 6.46. The molecule has 0 atom stereocenters. The molecule has 1 aromatic carbocycles. The molecule has 1 fully saturated rings. The Morgan fingerprint density at radius 2 is 1.79 bits per heavy atom. The molecule has 0 amide bonds. The number of hydrogen-bond donors (Lipinski definition) is 0. The number of pyridine rings is 1. The summed E-state index contributed by atoms with van der Waals surface area (Å²) in [7, 11) is -3.62. The lowest BCUT2D eigenvalue weighted by atomic mass is 10.2. The van der Waals surface area contributed by atoms with E-state index >= 15 is 0 Å². The third kappa shape index (κ3) is 3.73. The molecule has 1 aliphatic heterocycles. The van der Waals surface area contributed by atoms with Crippen LogP contribution in [0.15, 0.2) is 56.8 Å². The molecule has 8 nitrogen and oxygen atoms in total. The minimum absolute atomic E-state index is 0.0250. The fraction of sp³-hybridized carbons (Fsp3) is 0.278. The van der Waals surface area contributed by atoms with Gasteiger partial charge in [0.15, 0.2) is 0 Å². The summed E-state index contributed by atoms with van der Waals surface area (Å²) in [4.78, 5) is 16.5. The lowest BCUT2D eigenvalue weighted by Crippen LogP contribution is -2.29. The molecule has 4 rings (SSSR count). The van der Waals surface area contributed by atoms with Gasteiger partial charge < -0.3 is 9.09 Å². The monoisotopic (exact) mass is 420 g/mol. The van der Waals surface area contributed by atoms with E-state index in [1.807, 2.05) is 0 Å². The SMILES string of the molecule is O=c1ccc(S(=O)(=O)N2CCCC2)cn1Cc1nc(-c2ccc(Cl)cc2)no1. The number of aromatic nitrogens is 3. The van der Waals surface area contributed by atoms with Gasteiger partial charge in [-0.1, -0.05) is 16.8 Å². The average molecular weight is 421 g/mol. The fourth-order valence-electron chi connectivity index (χ4n) is 3.04. The molecule has 1 aliphatic rings. The molecule has 0 unspecified atom stereocenters. The highest BCUT2D eigenvalue weighted by molar-refractivity contribution is 7.89. The highest BCUT2D eigenvalue weighted by Gasteiger charge is 2.27. The van der Waals surface area contributed by atoms with Gasteiger partial charge in [0, 0.05) is 35.9 Å². The van der Waals surface area contributed by atoms with Crippen LogP contribution >= 0.6 is 11.6 Å². The summed E-state index contributed by atoms with van der Waals surface area (Å²) in [6.45, 7) is 0.966. The molecule has 2 aromatic heterocycles. The summed E-state index contributed by atoms with van der Waals surface area (Å²) in [5.41, 5.74) is 0.365. The highest BCUT2D eigenvalue weighted by Crippen LogP contribution is 2.21. The minimum atomic E-state index is -3.62. The van der Waals surface area contributed by atoms with Crippen LogP contribution < -0.4 is 5.56 Å². The lowest BCUT2D eigenvalue weighted by Gasteiger charge is -2.16. The summed E-state index contributed by atoms with van der Waals surface area (Å²) < 4.78 is 33.3. The molecule has 3 aromatic rings. The van der Waals surface area contributed by atoms with E-state index in [-0.39, 0.29) is 22.9 Å². The Kier molecular flexibility index (Phi) is 5.05. The lowest BCUT2D eigenvalue weighted by molar-refractivity contribution is 0.369. The maximum atomic E-state index is 12.7. The van der Waals surface area contributed by atoms with Gasteiger partial charge in [-0.25, -0.2) is 8.42 Å². The largest absolute Gasteiger partial charge is 0.337 e. The van der Waals surface area contributed by atoms with Crippen molar-refractivity contribution in [2.24, 2.45) is 0 Å². The number of hydrogen-bond acceptors (Lipinski definition) is 6. The summed E-state index contributed by atoms with van der Waals surface area (Å²) in [5, 5.41) is 4.50.